The topological polar surface area (TPSA) is 66.9 Å². The van der Waals surface area contributed by atoms with Gasteiger partial charge in [-0.15, -0.1) is 0 Å². The SMILES string of the molecule is CC(Nc1cnc(C(=O)Nc2ccc(F)c(F)c2)cn1)c1ccccc1. The molecule has 0 aliphatic rings. The van der Waals surface area contributed by atoms with E-state index in [0.717, 1.165) is 17.7 Å². The van der Waals surface area contributed by atoms with Gasteiger partial charge in [0.2, 0.25) is 0 Å². The van der Waals surface area contributed by atoms with Crippen LogP contribution in [0, 0.1) is 11.6 Å². The van der Waals surface area contributed by atoms with Crippen molar-refractivity contribution in [2.24, 2.45) is 0 Å². The first-order chi connectivity index (χ1) is 12.5. The Labute approximate surface area is 149 Å². The van der Waals surface area contributed by atoms with Crippen molar-refractivity contribution in [3.05, 3.63) is 83.8 Å². The van der Waals surface area contributed by atoms with Gasteiger partial charge in [-0.3, -0.25) is 4.79 Å². The quantitative estimate of drug-likeness (QED) is 0.721. The highest BCUT2D eigenvalue weighted by Gasteiger charge is 2.11. The smallest absolute Gasteiger partial charge is 0.275 e. The van der Waals surface area contributed by atoms with Gasteiger partial charge in [0.1, 0.15) is 11.5 Å². The highest BCUT2D eigenvalue weighted by molar-refractivity contribution is 6.02. The Morgan fingerprint density at radius 2 is 1.77 bits per heavy atom. The highest BCUT2D eigenvalue weighted by atomic mass is 19.2. The Balaban J connectivity index is 1.65. The summed E-state index contributed by atoms with van der Waals surface area (Å²) >= 11 is 0. The van der Waals surface area contributed by atoms with Gasteiger partial charge in [-0.1, -0.05) is 30.3 Å². The lowest BCUT2D eigenvalue weighted by molar-refractivity contribution is 0.102. The van der Waals surface area contributed by atoms with Crippen molar-refractivity contribution >= 4 is 17.4 Å². The summed E-state index contributed by atoms with van der Waals surface area (Å²) < 4.78 is 26.1. The van der Waals surface area contributed by atoms with E-state index in [1.165, 1.54) is 18.5 Å². The summed E-state index contributed by atoms with van der Waals surface area (Å²) in [5.74, 6) is -2.06. The van der Waals surface area contributed by atoms with Crippen LogP contribution in [0.3, 0.4) is 0 Å². The molecule has 0 aliphatic carbocycles. The number of amides is 1. The Bertz CT molecular complexity index is 901. The lowest BCUT2D eigenvalue weighted by Crippen LogP contribution is -2.15. The second kappa shape index (κ2) is 7.69. The summed E-state index contributed by atoms with van der Waals surface area (Å²) in [6.07, 6.45) is 2.76. The fraction of sp³-hybridized carbons (Fsp3) is 0.105. The van der Waals surface area contributed by atoms with Gasteiger partial charge in [-0.25, -0.2) is 18.7 Å². The van der Waals surface area contributed by atoms with Crippen LogP contribution in [0.2, 0.25) is 0 Å². The van der Waals surface area contributed by atoms with Gasteiger partial charge in [-0.2, -0.15) is 0 Å². The summed E-state index contributed by atoms with van der Waals surface area (Å²) in [6.45, 7) is 1.99. The molecule has 0 fully saturated rings. The Kier molecular flexibility index (Phi) is 5.17. The average Bonchev–Trinajstić information content (AvgIpc) is 2.66. The molecule has 1 aromatic heterocycles. The molecule has 0 spiro atoms. The van der Waals surface area contributed by atoms with Crippen molar-refractivity contribution < 1.29 is 13.6 Å². The van der Waals surface area contributed by atoms with E-state index in [1.807, 2.05) is 37.3 Å². The first-order valence-electron chi connectivity index (χ1n) is 7.93. The average molecular weight is 354 g/mol. The van der Waals surface area contributed by atoms with Gasteiger partial charge in [0.05, 0.1) is 12.4 Å². The molecule has 0 saturated carbocycles. The van der Waals surface area contributed by atoms with E-state index in [1.54, 1.807) is 0 Å². The van der Waals surface area contributed by atoms with E-state index in [-0.39, 0.29) is 17.4 Å². The zero-order valence-corrected chi connectivity index (χ0v) is 13.9. The molecule has 0 aliphatic heterocycles. The fourth-order valence-corrected chi connectivity index (χ4v) is 2.34. The summed E-state index contributed by atoms with van der Waals surface area (Å²) in [4.78, 5) is 20.3. The Morgan fingerprint density at radius 1 is 1.00 bits per heavy atom. The molecule has 1 amide bonds. The van der Waals surface area contributed by atoms with Crippen molar-refractivity contribution in [1.82, 2.24) is 9.97 Å². The molecule has 1 unspecified atom stereocenters. The number of carbonyl (C=O) groups is 1. The number of halogens is 2. The molecular formula is C19H16F2N4O. The number of anilines is 2. The van der Waals surface area contributed by atoms with Gasteiger partial charge in [0.25, 0.3) is 5.91 Å². The minimum atomic E-state index is -1.04. The van der Waals surface area contributed by atoms with Crippen LogP contribution in [0.1, 0.15) is 29.0 Å². The van der Waals surface area contributed by atoms with Crippen molar-refractivity contribution in [3.63, 3.8) is 0 Å². The number of nitrogens with one attached hydrogen (secondary N) is 2. The van der Waals surface area contributed by atoms with Crippen LogP contribution in [-0.4, -0.2) is 15.9 Å². The first-order valence-corrected chi connectivity index (χ1v) is 7.93. The molecule has 3 rings (SSSR count). The molecule has 7 heteroatoms. The van der Waals surface area contributed by atoms with Gasteiger partial charge >= 0.3 is 0 Å². The van der Waals surface area contributed by atoms with E-state index >= 15 is 0 Å². The van der Waals surface area contributed by atoms with E-state index < -0.39 is 17.5 Å². The van der Waals surface area contributed by atoms with Crippen molar-refractivity contribution in [2.45, 2.75) is 13.0 Å². The monoisotopic (exact) mass is 354 g/mol. The molecule has 2 aromatic carbocycles. The number of rotatable bonds is 5. The number of hydrogen-bond acceptors (Lipinski definition) is 4. The third-order valence-corrected chi connectivity index (χ3v) is 3.73. The molecule has 0 bridgehead atoms. The molecule has 5 nitrogen and oxygen atoms in total. The lowest BCUT2D eigenvalue weighted by atomic mass is 10.1. The number of carbonyl (C=O) groups excluding carboxylic acids is 1. The molecular weight excluding hydrogens is 338 g/mol. The van der Waals surface area contributed by atoms with Crippen LogP contribution in [-0.2, 0) is 0 Å². The zero-order chi connectivity index (χ0) is 18.5. The standard InChI is InChI=1S/C19H16F2N4O/c1-12(13-5-3-2-4-6-13)24-18-11-22-17(10-23-18)19(26)25-14-7-8-15(20)16(21)9-14/h2-12H,1H3,(H,23,24)(H,25,26). The maximum absolute atomic E-state index is 13.2. The summed E-state index contributed by atoms with van der Waals surface area (Å²) in [7, 11) is 0. The third-order valence-electron chi connectivity index (χ3n) is 3.73. The van der Waals surface area contributed by atoms with E-state index in [0.29, 0.717) is 5.82 Å². The van der Waals surface area contributed by atoms with Crippen molar-refractivity contribution in [3.8, 4) is 0 Å². The van der Waals surface area contributed by atoms with Crippen LogP contribution in [0.5, 0.6) is 0 Å². The van der Waals surface area contributed by atoms with Gasteiger partial charge in [-0.05, 0) is 24.6 Å². The molecule has 0 saturated heterocycles. The normalized spacial score (nSPS) is 11.7. The van der Waals surface area contributed by atoms with Crippen molar-refractivity contribution in [1.29, 1.82) is 0 Å². The van der Waals surface area contributed by atoms with E-state index in [9.17, 15) is 13.6 Å². The molecule has 1 atom stereocenters. The summed E-state index contributed by atoms with van der Waals surface area (Å²) in [5, 5.41) is 5.63. The van der Waals surface area contributed by atoms with Crippen LogP contribution < -0.4 is 10.6 Å². The number of hydrogen-bond donors (Lipinski definition) is 2. The predicted octanol–water partition coefficient (Wildman–Crippen LogP) is 4.18. The highest BCUT2D eigenvalue weighted by Crippen LogP contribution is 2.17. The fourth-order valence-electron chi connectivity index (χ4n) is 2.34. The summed E-state index contributed by atoms with van der Waals surface area (Å²) in [6, 6.07) is 13.0. The molecule has 1 heterocycles. The molecule has 26 heavy (non-hydrogen) atoms. The lowest BCUT2D eigenvalue weighted by Gasteiger charge is -2.14. The second-order valence-electron chi connectivity index (χ2n) is 5.65. The van der Waals surface area contributed by atoms with Crippen LogP contribution in [0.15, 0.2) is 60.9 Å². The van der Waals surface area contributed by atoms with E-state index in [2.05, 4.69) is 20.6 Å². The number of benzene rings is 2. The van der Waals surface area contributed by atoms with Crippen LogP contribution in [0.4, 0.5) is 20.3 Å². The first kappa shape index (κ1) is 17.5. The van der Waals surface area contributed by atoms with Gasteiger partial charge in [0.15, 0.2) is 11.6 Å². The maximum Gasteiger partial charge on any atom is 0.275 e. The molecule has 3 aromatic rings. The Morgan fingerprint density at radius 3 is 2.42 bits per heavy atom. The van der Waals surface area contributed by atoms with E-state index in [4.69, 9.17) is 0 Å². The Hall–Kier alpha value is -3.35. The van der Waals surface area contributed by atoms with Gasteiger partial charge in [0, 0.05) is 17.8 Å². The largest absolute Gasteiger partial charge is 0.362 e. The molecule has 0 radical (unpaired) electrons. The summed E-state index contributed by atoms with van der Waals surface area (Å²) in [5.41, 5.74) is 1.29. The minimum absolute atomic E-state index is 0.0207. The predicted molar refractivity (Wildman–Crippen MR) is 94.8 cm³/mol. The zero-order valence-electron chi connectivity index (χ0n) is 13.9. The van der Waals surface area contributed by atoms with Crippen LogP contribution in [0.25, 0.3) is 0 Å². The van der Waals surface area contributed by atoms with Crippen molar-refractivity contribution in [2.75, 3.05) is 10.6 Å². The maximum atomic E-state index is 13.2. The molecule has 2 N–H and O–H groups in total. The van der Waals surface area contributed by atoms with Crippen LogP contribution >= 0.6 is 0 Å². The molecule has 132 valence electrons. The number of nitrogens with zero attached hydrogens (tertiary/aromatic N) is 2. The minimum Gasteiger partial charge on any atom is -0.362 e. The number of aromatic nitrogens is 2. The van der Waals surface area contributed by atoms with Gasteiger partial charge < -0.3 is 10.6 Å². The second-order valence-corrected chi connectivity index (χ2v) is 5.65. The third kappa shape index (κ3) is 4.18.